The molecular formula is C21H21N3O3. The van der Waals surface area contributed by atoms with Gasteiger partial charge in [0.15, 0.2) is 5.82 Å². The first kappa shape index (κ1) is 17.3. The van der Waals surface area contributed by atoms with E-state index in [0.717, 1.165) is 16.9 Å². The fraction of sp³-hybridized carbons (Fsp3) is 0.286. The zero-order chi connectivity index (χ0) is 18.8. The number of methoxy groups -OCH3 is 1. The van der Waals surface area contributed by atoms with E-state index in [9.17, 15) is 4.79 Å². The number of hydrogen-bond donors (Lipinski definition) is 0. The van der Waals surface area contributed by atoms with Gasteiger partial charge < -0.3 is 14.2 Å². The van der Waals surface area contributed by atoms with Crippen molar-refractivity contribution in [2.75, 3.05) is 13.7 Å². The summed E-state index contributed by atoms with van der Waals surface area (Å²) in [4.78, 5) is 18.8. The highest BCUT2D eigenvalue weighted by Crippen LogP contribution is 2.30. The zero-order valence-electron chi connectivity index (χ0n) is 15.4. The summed E-state index contributed by atoms with van der Waals surface area (Å²) in [7, 11) is 1.64. The lowest BCUT2D eigenvalue weighted by molar-refractivity contribution is -0.128. The molecule has 3 aromatic rings. The van der Waals surface area contributed by atoms with Gasteiger partial charge in [0.2, 0.25) is 5.91 Å². The molecule has 1 unspecified atom stereocenters. The Labute approximate surface area is 157 Å². The molecule has 0 saturated carbocycles. The van der Waals surface area contributed by atoms with E-state index in [1.54, 1.807) is 7.11 Å². The van der Waals surface area contributed by atoms with Crippen LogP contribution >= 0.6 is 0 Å². The average Bonchev–Trinajstić information content (AvgIpc) is 3.30. The summed E-state index contributed by atoms with van der Waals surface area (Å²) in [6, 6.07) is 15.7. The lowest BCUT2D eigenvalue weighted by Crippen LogP contribution is -2.24. The van der Waals surface area contributed by atoms with E-state index in [-0.39, 0.29) is 11.8 Å². The number of likely N-dealkylation sites (tertiary alicyclic amines) is 1. The maximum Gasteiger partial charge on any atom is 0.257 e. The highest BCUT2D eigenvalue weighted by Gasteiger charge is 2.34. The Bertz CT molecular complexity index is 949. The topological polar surface area (TPSA) is 68.5 Å². The van der Waals surface area contributed by atoms with Crippen molar-refractivity contribution in [3.8, 4) is 17.2 Å². The number of carbonyl (C=O) groups is 1. The molecule has 0 bridgehead atoms. The van der Waals surface area contributed by atoms with E-state index in [0.29, 0.717) is 31.2 Å². The van der Waals surface area contributed by atoms with Crippen molar-refractivity contribution in [1.29, 1.82) is 0 Å². The van der Waals surface area contributed by atoms with Crippen LogP contribution in [-0.4, -0.2) is 34.6 Å². The highest BCUT2D eigenvalue weighted by molar-refractivity contribution is 5.79. The number of nitrogens with zero attached hydrogens (tertiary/aromatic N) is 3. The van der Waals surface area contributed by atoms with Gasteiger partial charge in [-0.3, -0.25) is 4.79 Å². The molecule has 1 aliphatic rings. The van der Waals surface area contributed by atoms with Crippen molar-refractivity contribution in [2.24, 2.45) is 0 Å². The largest absolute Gasteiger partial charge is 0.496 e. The summed E-state index contributed by atoms with van der Waals surface area (Å²) < 4.78 is 10.8. The van der Waals surface area contributed by atoms with Crippen molar-refractivity contribution in [1.82, 2.24) is 15.0 Å². The van der Waals surface area contributed by atoms with Crippen LogP contribution in [0, 0.1) is 6.92 Å². The smallest absolute Gasteiger partial charge is 0.257 e. The number of hydrogen-bond acceptors (Lipinski definition) is 5. The molecule has 6 nitrogen and oxygen atoms in total. The number of carbonyl (C=O) groups excluding carboxylic acids is 1. The normalized spacial score (nSPS) is 16.7. The van der Waals surface area contributed by atoms with Crippen molar-refractivity contribution < 1.29 is 14.1 Å². The molecule has 1 fully saturated rings. The minimum atomic E-state index is -0.0600. The molecule has 1 atom stereocenters. The molecule has 2 heterocycles. The monoisotopic (exact) mass is 363 g/mol. The van der Waals surface area contributed by atoms with Gasteiger partial charge >= 0.3 is 0 Å². The third-order valence-electron chi connectivity index (χ3n) is 4.87. The van der Waals surface area contributed by atoms with Gasteiger partial charge in [0, 0.05) is 36.6 Å². The Hall–Kier alpha value is -3.15. The molecular weight excluding hydrogens is 342 g/mol. The first-order valence-electron chi connectivity index (χ1n) is 8.94. The fourth-order valence-electron chi connectivity index (χ4n) is 3.35. The summed E-state index contributed by atoms with van der Waals surface area (Å²) in [6.07, 6.45) is 0.391. The van der Waals surface area contributed by atoms with Crippen molar-refractivity contribution >= 4 is 5.91 Å². The third-order valence-corrected chi connectivity index (χ3v) is 4.87. The maximum atomic E-state index is 12.5. The first-order chi connectivity index (χ1) is 13.1. The van der Waals surface area contributed by atoms with Crippen LogP contribution in [0.5, 0.6) is 5.75 Å². The minimum absolute atomic E-state index is 0.0600. The predicted molar refractivity (Wildman–Crippen MR) is 100 cm³/mol. The first-order valence-corrected chi connectivity index (χ1v) is 8.94. The van der Waals surface area contributed by atoms with Gasteiger partial charge in [-0.05, 0) is 25.1 Å². The molecule has 1 aromatic heterocycles. The zero-order valence-corrected chi connectivity index (χ0v) is 15.4. The van der Waals surface area contributed by atoms with Gasteiger partial charge in [0.05, 0.1) is 7.11 Å². The lowest BCUT2D eigenvalue weighted by atomic mass is 10.1. The number of benzene rings is 2. The summed E-state index contributed by atoms with van der Waals surface area (Å²) in [5, 5.41) is 4.12. The molecule has 138 valence electrons. The second-order valence-corrected chi connectivity index (χ2v) is 6.81. The van der Waals surface area contributed by atoms with Crippen LogP contribution < -0.4 is 4.74 Å². The fourth-order valence-corrected chi connectivity index (χ4v) is 3.35. The van der Waals surface area contributed by atoms with Crippen molar-refractivity contribution in [3.05, 3.63) is 65.5 Å². The Kier molecular flexibility index (Phi) is 4.62. The van der Waals surface area contributed by atoms with Crippen LogP contribution in [0.3, 0.4) is 0 Å². The van der Waals surface area contributed by atoms with E-state index < -0.39 is 0 Å². The van der Waals surface area contributed by atoms with Crippen LogP contribution in [0.25, 0.3) is 11.5 Å². The maximum absolute atomic E-state index is 12.5. The van der Waals surface area contributed by atoms with Gasteiger partial charge in [-0.15, -0.1) is 0 Å². The third kappa shape index (κ3) is 3.56. The molecule has 0 aliphatic carbocycles. The average molecular weight is 363 g/mol. The van der Waals surface area contributed by atoms with Crippen LogP contribution in [0.1, 0.15) is 29.3 Å². The summed E-state index contributed by atoms with van der Waals surface area (Å²) >= 11 is 0. The van der Waals surface area contributed by atoms with E-state index in [1.807, 2.05) is 60.4 Å². The van der Waals surface area contributed by atoms with Gasteiger partial charge in [-0.1, -0.05) is 41.1 Å². The van der Waals surface area contributed by atoms with Crippen molar-refractivity contribution in [2.45, 2.75) is 25.8 Å². The molecule has 4 rings (SSSR count). The second kappa shape index (κ2) is 7.23. The van der Waals surface area contributed by atoms with E-state index in [4.69, 9.17) is 9.26 Å². The standard InChI is InChI=1S/C21H21N3O3/c1-14-7-9-15(10-8-14)21-22-20(23-27-21)17-11-19(25)24(13-17)12-16-5-3-4-6-18(16)26-2/h3-10,17H,11-13H2,1-2H3. The number of ether oxygens (including phenoxy) is 1. The van der Waals surface area contributed by atoms with Crippen molar-refractivity contribution in [3.63, 3.8) is 0 Å². The van der Waals surface area contributed by atoms with Crippen LogP contribution in [0.15, 0.2) is 53.1 Å². The lowest BCUT2D eigenvalue weighted by Gasteiger charge is -2.17. The number of para-hydroxylation sites is 1. The molecule has 1 saturated heterocycles. The molecule has 0 spiro atoms. The quantitative estimate of drug-likeness (QED) is 0.693. The Morgan fingerprint density at radius 3 is 2.74 bits per heavy atom. The van der Waals surface area contributed by atoms with Crippen LogP contribution in [0.4, 0.5) is 0 Å². The summed E-state index contributed by atoms with van der Waals surface area (Å²) in [6.45, 7) is 3.12. The number of amides is 1. The second-order valence-electron chi connectivity index (χ2n) is 6.81. The number of rotatable bonds is 5. The van der Waals surface area contributed by atoms with Gasteiger partial charge in [0.25, 0.3) is 5.89 Å². The highest BCUT2D eigenvalue weighted by atomic mass is 16.5. The van der Waals surface area contributed by atoms with Gasteiger partial charge in [-0.2, -0.15) is 4.98 Å². The molecule has 6 heteroatoms. The van der Waals surface area contributed by atoms with Gasteiger partial charge in [0.1, 0.15) is 5.75 Å². The predicted octanol–water partition coefficient (Wildman–Crippen LogP) is 3.57. The summed E-state index contributed by atoms with van der Waals surface area (Å²) in [5.41, 5.74) is 3.05. The molecule has 0 radical (unpaired) electrons. The minimum Gasteiger partial charge on any atom is -0.496 e. The van der Waals surface area contributed by atoms with E-state index in [1.165, 1.54) is 5.56 Å². The number of aryl methyl sites for hydroxylation is 1. The van der Waals surface area contributed by atoms with E-state index >= 15 is 0 Å². The SMILES string of the molecule is COc1ccccc1CN1CC(c2noc(-c3ccc(C)cc3)n2)CC1=O. The van der Waals surface area contributed by atoms with Crippen LogP contribution in [-0.2, 0) is 11.3 Å². The molecule has 27 heavy (non-hydrogen) atoms. The number of aromatic nitrogens is 2. The van der Waals surface area contributed by atoms with Crippen LogP contribution in [0.2, 0.25) is 0 Å². The van der Waals surface area contributed by atoms with E-state index in [2.05, 4.69) is 10.1 Å². The van der Waals surface area contributed by atoms with Gasteiger partial charge in [-0.25, -0.2) is 0 Å². The molecule has 1 aliphatic heterocycles. The molecule has 1 amide bonds. The Morgan fingerprint density at radius 2 is 1.96 bits per heavy atom. The Morgan fingerprint density at radius 1 is 1.19 bits per heavy atom. The molecule has 0 N–H and O–H groups in total. The summed E-state index contributed by atoms with van der Waals surface area (Å²) in [5.74, 6) is 1.89. The Balaban J connectivity index is 1.48. The molecule has 2 aromatic carbocycles.